The summed E-state index contributed by atoms with van der Waals surface area (Å²) in [6, 6.07) is 7.62. The lowest BCUT2D eigenvalue weighted by Gasteiger charge is -2.08. The number of hydrogen-bond acceptors (Lipinski definition) is 1. The fourth-order valence-electron chi connectivity index (χ4n) is 1.11. The minimum absolute atomic E-state index is 0.174. The first-order valence-electron chi connectivity index (χ1n) is 4.07. The van der Waals surface area contributed by atoms with E-state index in [0.29, 0.717) is 0 Å². The second-order valence-electron chi connectivity index (χ2n) is 2.89. The number of likely N-dealkylation sites (N-methyl/N-ethyl adjacent to an activating group) is 1. The van der Waals surface area contributed by atoms with Crippen LogP contribution in [0.1, 0.15) is 16.5 Å². The first kappa shape index (κ1) is 10.1. The Bertz CT molecular complexity index is 312. The number of hydrogen-bond donors (Lipinski definition) is 1. The fourth-order valence-corrected chi connectivity index (χ4v) is 1.35. The van der Waals surface area contributed by atoms with Crippen molar-refractivity contribution in [1.82, 2.24) is 5.32 Å². The van der Waals surface area contributed by atoms with E-state index in [1.807, 2.05) is 31.2 Å². The molecule has 0 spiro atoms. The maximum Gasteiger partial charge on any atom is 0.242 e. The lowest BCUT2D eigenvalue weighted by molar-refractivity contribution is -0.120. The molecule has 13 heavy (non-hydrogen) atoms. The van der Waals surface area contributed by atoms with Gasteiger partial charge in [-0.25, -0.2) is 0 Å². The smallest absolute Gasteiger partial charge is 0.242 e. The highest BCUT2D eigenvalue weighted by Gasteiger charge is 2.15. The summed E-state index contributed by atoms with van der Waals surface area (Å²) >= 11 is 5.92. The van der Waals surface area contributed by atoms with Crippen LogP contribution in [0.25, 0.3) is 0 Å². The number of benzene rings is 1. The van der Waals surface area contributed by atoms with Crippen molar-refractivity contribution in [3.05, 3.63) is 35.4 Å². The van der Waals surface area contributed by atoms with Gasteiger partial charge in [0.15, 0.2) is 0 Å². The normalized spacial score (nSPS) is 12.2. The third-order valence-corrected chi connectivity index (χ3v) is 2.26. The quantitative estimate of drug-likeness (QED) is 0.723. The number of halogens is 1. The molecule has 1 N–H and O–H groups in total. The maximum absolute atomic E-state index is 11.2. The lowest BCUT2D eigenvalue weighted by Crippen LogP contribution is -2.22. The van der Waals surface area contributed by atoms with Crippen LogP contribution in [0.5, 0.6) is 0 Å². The monoisotopic (exact) mass is 197 g/mol. The summed E-state index contributed by atoms with van der Waals surface area (Å²) in [6.45, 7) is 1.97. The van der Waals surface area contributed by atoms with E-state index < -0.39 is 5.38 Å². The number of alkyl halides is 1. The molecule has 0 heterocycles. The van der Waals surface area contributed by atoms with Crippen LogP contribution in [0, 0.1) is 6.92 Å². The predicted octanol–water partition coefficient (Wildman–Crippen LogP) is 2.02. The Labute approximate surface area is 82.9 Å². The Morgan fingerprint density at radius 3 is 2.77 bits per heavy atom. The first-order chi connectivity index (χ1) is 6.15. The zero-order valence-electron chi connectivity index (χ0n) is 7.67. The molecular formula is C10H12ClNO. The topological polar surface area (TPSA) is 29.1 Å². The van der Waals surface area contributed by atoms with E-state index in [-0.39, 0.29) is 5.91 Å². The molecule has 70 valence electrons. The number of carbonyl (C=O) groups excluding carboxylic acids is 1. The SMILES string of the molecule is CNC(=O)C(Cl)c1cccc(C)c1. The maximum atomic E-state index is 11.2. The summed E-state index contributed by atoms with van der Waals surface area (Å²) in [5.41, 5.74) is 1.94. The second-order valence-corrected chi connectivity index (χ2v) is 3.33. The number of aryl methyl sites for hydroxylation is 1. The molecule has 0 aliphatic carbocycles. The molecule has 0 bridgehead atoms. The van der Waals surface area contributed by atoms with E-state index in [9.17, 15) is 4.79 Å². The molecule has 1 aromatic rings. The molecule has 1 unspecified atom stereocenters. The zero-order chi connectivity index (χ0) is 9.84. The van der Waals surface area contributed by atoms with E-state index in [1.165, 1.54) is 0 Å². The van der Waals surface area contributed by atoms with Crippen LogP contribution in [0.3, 0.4) is 0 Å². The highest BCUT2D eigenvalue weighted by Crippen LogP contribution is 2.20. The van der Waals surface area contributed by atoms with Crippen LogP contribution >= 0.6 is 11.6 Å². The van der Waals surface area contributed by atoms with E-state index in [4.69, 9.17) is 11.6 Å². The first-order valence-corrected chi connectivity index (χ1v) is 4.51. The molecule has 1 amide bonds. The van der Waals surface area contributed by atoms with Crippen molar-refractivity contribution in [3.8, 4) is 0 Å². The predicted molar refractivity (Wildman–Crippen MR) is 53.8 cm³/mol. The van der Waals surface area contributed by atoms with Gasteiger partial charge in [-0.05, 0) is 12.5 Å². The van der Waals surface area contributed by atoms with Gasteiger partial charge < -0.3 is 5.32 Å². The van der Waals surface area contributed by atoms with Crippen molar-refractivity contribution in [3.63, 3.8) is 0 Å². The fraction of sp³-hybridized carbons (Fsp3) is 0.300. The minimum Gasteiger partial charge on any atom is -0.358 e. The van der Waals surface area contributed by atoms with Gasteiger partial charge in [-0.3, -0.25) is 4.79 Å². The molecule has 1 aromatic carbocycles. The third-order valence-electron chi connectivity index (χ3n) is 1.81. The summed E-state index contributed by atoms with van der Waals surface area (Å²) in [5, 5.41) is 1.92. The van der Waals surface area contributed by atoms with Gasteiger partial charge >= 0.3 is 0 Å². The molecule has 0 aliphatic rings. The molecule has 0 radical (unpaired) electrons. The van der Waals surface area contributed by atoms with E-state index in [2.05, 4.69) is 5.32 Å². The molecule has 0 aliphatic heterocycles. The highest BCUT2D eigenvalue weighted by atomic mass is 35.5. The third kappa shape index (κ3) is 2.46. The van der Waals surface area contributed by atoms with Crippen molar-refractivity contribution in [2.45, 2.75) is 12.3 Å². The molecule has 1 atom stereocenters. The zero-order valence-corrected chi connectivity index (χ0v) is 8.43. The number of rotatable bonds is 2. The largest absolute Gasteiger partial charge is 0.358 e. The number of amides is 1. The Morgan fingerprint density at radius 2 is 2.23 bits per heavy atom. The van der Waals surface area contributed by atoms with Gasteiger partial charge in [-0.2, -0.15) is 0 Å². The minimum atomic E-state index is -0.593. The van der Waals surface area contributed by atoms with Gasteiger partial charge in [0, 0.05) is 7.05 Å². The van der Waals surface area contributed by atoms with E-state index in [1.54, 1.807) is 7.05 Å². The van der Waals surface area contributed by atoms with Crippen molar-refractivity contribution < 1.29 is 4.79 Å². The molecule has 3 heteroatoms. The Hall–Kier alpha value is -1.02. The standard InChI is InChI=1S/C10H12ClNO/c1-7-4-3-5-8(6-7)9(11)10(13)12-2/h3-6,9H,1-2H3,(H,12,13). The average Bonchev–Trinajstić information content (AvgIpc) is 2.15. The summed E-state index contributed by atoms with van der Waals surface area (Å²) in [6.07, 6.45) is 0. The second kappa shape index (κ2) is 4.28. The molecule has 0 fully saturated rings. The average molecular weight is 198 g/mol. The van der Waals surface area contributed by atoms with Crippen LogP contribution in [-0.2, 0) is 4.79 Å². The summed E-state index contributed by atoms with van der Waals surface area (Å²) in [5.74, 6) is -0.174. The van der Waals surface area contributed by atoms with Gasteiger partial charge in [0.1, 0.15) is 5.38 Å². The van der Waals surface area contributed by atoms with Crippen LogP contribution in [0.4, 0.5) is 0 Å². The van der Waals surface area contributed by atoms with Gasteiger partial charge in [-0.15, -0.1) is 11.6 Å². The lowest BCUT2D eigenvalue weighted by atomic mass is 10.1. The molecule has 1 rings (SSSR count). The van der Waals surface area contributed by atoms with Crippen molar-refractivity contribution in [2.24, 2.45) is 0 Å². The van der Waals surface area contributed by atoms with Crippen molar-refractivity contribution >= 4 is 17.5 Å². The highest BCUT2D eigenvalue weighted by molar-refractivity contribution is 6.30. The Morgan fingerprint density at radius 1 is 1.54 bits per heavy atom. The Balaban J connectivity index is 2.88. The van der Waals surface area contributed by atoms with Crippen LogP contribution in [-0.4, -0.2) is 13.0 Å². The van der Waals surface area contributed by atoms with Crippen molar-refractivity contribution in [2.75, 3.05) is 7.05 Å². The van der Waals surface area contributed by atoms with E-state index in [0.717, 1.165) is 11.1 Å². The van der Waals surface area contributed by atoms with Gasteiger partial charge in [0.25, 0.3) is 0 Å². The number of carbonyl (C=O) groups is 1. The Kier molecular flexibility index (Phi) is 3.32. The van der Waals surface area contributed by atoms with E-state index >= 15 is 0 Å². The number of nitrogens with one attached hydrogen (secondary N) is 1. The van der Waals surface area contributed by atoms with Gasteiger partial charge in [-0.1, -0.05) is 29.8 Å². The molecular weight excluding hydrogens is 186 g/mol. The summed E-state index contributed by atoms with van der Waals surface area (Å²) in [7, 11) is 1.58. The van der Waals surface area contributed by atoms with Crippen molar-refractivity contribution in [1.29, 1.82) is 0 Å². The van der Waals surface area contributed by atoms with Crippen LogP contribution in [0.2, 0.25) is 0 Å². The van der Waals surface area contributed by atoms with Gasteiger partial charge in [0.05, 0.1) is 0 Å². The summed E-state index contributed by atoms with van der Waals surface area (Å²) in [4.78, 5) is 11.2. The van der Waals surface area contributed by atoms with Crippen LogP contribution < -0.4 is 5.32 Å². The molecule has 0 aromatic heterocycles. The van der Waals surface area contributed by atoms with Crippen LogP contribution in [0.15, 0.2) is 24.3 Å². The van der Waals surface area contributed by atoms with Gasteiger partial charge in [0.2, 0.25) is 5.91 Å². The molecule has 2 nitrogen and oxygen atoms in total. The molecule has 0 saturated heterocycles. The summed E-state index contributed by atoms with van der Waals surface area (Å²) < 4.78 is 0. The molecule has 0 saturated carbocycles.